The Morgan fingerprint density at radius 1 is 1.26 bits per heavy atom. The Kier molecular flexibility index (Phi) is 2.59. The summed E-state index contributed by atoms with van der Waals surface area (Å²) in [6.07, 6.45) is 2.06. The second-order valence-corrected chi connectivity index (χ2v) is 5.20. The first-order valence-corrected chi connectivity index (χ1v) is 6.38. The minimum atomic E-state index is 0.340. The normalized spacial score (nSPS) is 11.6. The van der Waals surface area contributed by atoms with E-state index >= 15 is 0 Å². The van der Waals surface area contributed by atoms with Gasteiger partial charge in [0.25, 0.3) is 0 Å². The van der Waals surface area contributed by atoms with E-state index in [1.807, 2.05) is 7.05 Å². The van der Waals surface area contributed by atoms with E-state index in [9.17, 15) is 0 Å². The topological polar surface area (TPSA) is 57.0 Å². The molecule has 0 unspecified atom stereocenters. The van der Waals surface area contributed by atoms with Crippen molar-refractivity contribution in [2.75, 3.05) is 5.73 Å². The number of hydrogen-bond donors (Lipinski definition) is 1. The van der Waals surface area contributed by atoms with Crippen molar-refractivity contribution in [2.24, 2.45) is 7.05 Å². The molecule has 0 atom stereocenters. The first-order valence-electron chi connectivity index (χ1n) is 6.38. The summed E-state index contributed by atoms with van der Waals surface area (Å²) >= 11 is 0. The van der Waals surface area contributed by atoms with Gasteiger partial charge in [0.2, 0.25) is 5.88 Å². The first-order chi connectivity index (χ1) is 9.06. The third-order valence-electron chi connectivity index (χ3n) is 3.48. The molecular formula is C15H17N3O. The molecule has 0 aliphatic carbocycles. The molecule has 1 aromatic carbocycles. The molecular weight excluding hydrogens is 238 g/mol. The average Bonchev–Trinajstić information content (AvgIpc) is 2.93. The number of aryl methyl sites for hydroxylation is 1. The molecule has 0 aliphatic heterocycles. The van der Waals surface area contributed by atoms with E-state index in [1.165, 1.54) is 16.5 Å². The van der Waals surface area contributed by atoms with Crippen molar-refractivity contribution in [1.82, 2.24) is 9.72 Å². The molecule has 2 N–H and O–H groups in total. The van der Waals surface area contributed by atoms with E-state index in [4.69, 9.17) is 10.3 Å². The molecule has 0 saturated carbocycles. The lowest BCUT2D eigenvalue weighted by Crippen LogP contribution is -1.88. The molecule has 0 saturated heterocycles. The van der Waals surface area contributed by atoms with Gasteiger partial charge in [0.1, 0.15) is 5.69 Å². The standard InChI is InChI=1S/C15H17N3O/c1-9(2)10-4-5-14-11(6-10)12(8-18(14)3)13-7-15(16)19-17-13/h4-9H,16H2,1-3H3. The fraction of sp³-hybridized carbons (Fsp3) is 0.267. The van der Waals surface area contributed by atoms with Gasteiger partial charge in [-0.25, -0.2) is 0 Å². The van der Waals surface area contributed by atoms with Crippen molar-refractivity contribution >= 4 is 16.8 Å². The van der Waals surface area contributed by atoms with Crippen LogP contribution in [0.2, 0.25) is 0 Å². The minimum absolute atomic E-state index is 0.340. The number of nitrogen functional groups attached to an aromatic ring is 1. The minimum Gasteiger partial charge on any atom is -0.368 e. The SMILES string of the molecule is CC(C)c1ccc2c(c1)c(-c1cc(N)on1)cn2C. The van der Waals surface area contributed by atoms with E-state index in [2.05, 4.69) is 48.0 Å². The molecule has 4 nitrogen and oxygen atoms in total. The Hall–Kier alpha value is -2.23. The highest BCUT2D eigenvalue weighted by molar-refractivity contribution is 5.95. The molecule has 3 rings (SSSR count). The highest BCUT2D eigenvalue weighted by Gasteiger charge is 2.13. The molecule has 98 valence electrons. The molecule has 0 amide bonds. The molecule has 3 aromatic rings. The van der Waals surface area contributed by atoms with Crippen LogP contribution in [0.4, 0.5) is 5.88 Å². The number of fused-ring (bicyclic) bond motifs is 1. The maximum atomic E-state index is 5.61. The molecule has 4 heteroatoms. The molecule has 0 aliphatic rings. The molecule has 2 aromatic heterocycles. The summed E-state index contributed by atoms with van der Waals surface area (Å²) in [5.74, 6) is 0.840. The fourth-order valence-corrected chi connectivity index (χ4v) is 2.39. The van der Waals surface area contributed by atoms with E-state index in [0.29, 0.717) is 11.8 Å². The van der Waals surface area contributed by atoms with Gasteiger partial charge in [-0.15, -0.1) is 0 Å². The van der Waals surface area contributed by atoms with E-state index in [-0.39, 0.29) is 0 Å². The lowest BCUT2D eigenvalue weighted by Gasteiger charge is -2.06. The summed E-state index contributed by atoms with van der Waals surface area (Å²) < 4.78 is 7.07. The van der Waals surface area contributed by atoms with E-state index < -0.39 is 0 Å². The van der Waals surface area contributed by atoms with Crippen molar-refractivity contribution in [1.29, 1.82) is 0 Å². The maximum absolute atomic E-state index is 5.61. The number of nitrogens with two attached hydrogens (primary N) is 1. The van der Waals surface area contributed by atoms with Gasteiger partial charge < -0.3 is 14.8 Å². The van der Waals surface area contributed by atoms with Crippen LogP contribution in [0, 0.1) is 0 Å². The predicted octanol–water partition coefficient (Wildman–Crippen LogP) is 3.54. The molecule has 0 spiro atoms. The largest absolute Gasteiger partial charge is 0.368 e. The van der Waals surface area contributed by atoms with Gasteiger partial charge in [-0.1, -0.05) is 25.1 Å². The number of hydrogen-bond acceptors (Lipinski definition) is 3. The van der Waals surface area contributed by atoms with Crippen LogP contribution in [-0.4, -0.2) is 9.72 Å². The molecule has 0 radical (unpaired) electrons. The van der Waals surface area contributed by atoms with Crippen molar-refractivity contribution in [3.8, 4) is 11.3 Å². The second-order valence-electron chi connectivity index (χ2n) is 5.20. The lowest BCUT2D eigenvalue weighted by molar-refractivity contribution is 0.439. The number of nitrogens with zero attached hydrogens (tertiary/aromatic N) is 2. The van der Waals surface area contributed by atoms with Gasteiger partial charge in [0, 0.05) is 35.8 Å². The summed E-state index contributed by atoms with van der Waals surface area (Å²) in [6, 6.07) is 8.31. The lowest BCUT2D eigenvalue weighted by atomic mass is 10.00. The maximum Gasteiger partial charge on any atom is 0.222 e. The highest BCUT2D eigenvalue weighted by Crippen LogP contribution is 2.32. The smallest absolute Gasteiger partial charge is 0.222 e. The van der Waals surface area contributed by atoms with Crippen LogP contribution in [0.1, 0.15) is 25.3 Å². The Labute approximate surface area is 111 Å². The highest BCUT2D eigenvalue weighted by atomic mass is 16.5. The van der Waals surface area contributed by atoms with Crippen molar-refractivity contribution in [3.05, 3.63) is 36.0 Å². The molecule has 0 fully saturated rings. The fourth-order valence-electron chi connectivity index (χ4n) is 2.39. The zero-order valence-corrected chi connectivity index (χ0v) is 11.3. The summed E-state index contributed by atoms with van der Waals surface area (Å²) in [5.41, 5.74) is 9.94. The van der Waals surface area contributed by atoms with Crippen LogP contribution in [0.25, 0.3) is 22.2 Å². The van der Waals surface area contributed by atoms with Gasteiger partial charge in [0.15, 0.2) is 0 Å². The first kappa shape index (κ1) is 11.8. The quantitative estimate of drug-likeness (QED) is 0.762. The Morgan fingerprint density at radius 3 is 2.68 bits per heavy atom. The van der Waals surface area contributed by atoms with Gasteiger partial charge >= 0.3 is 0 Å². The van der Waals surface area contributed by atoms with Crippen LogP contribution in [0.15, 0.2) is 35.0 Å². The molecule has 19 heavy (non-hydrogen) atoms. The Balaban J connectivity index is 2.26. The number of anilines is 1. The van der Waals surface area contributed by atoms with Gasteiger partial charge in [-0.05, 0) is 23.6 Å². The van der Waals surface area contributed by atoms with Crippen LogP contribution in [0.3, 0.4) is 0 Å². The second kappa shape index (κ2) is 4.16. The zero-order chi connectivity index (χ0) is 13.6. The summed E-state index contributed by atoms with van der Waals surface area (Å²) in [7, 11) is 2.03. The third-order valence-corrected chi connectivity index (χ3v) is 3.48. The average molecular weight is 255 g/mol. The van der Waals surface area contributed by atoms with Crippen molar-refractivity contribution in [3.63, 3.8) is 0 Å². The van der Waals surface area contributed by atoms with E-state index in [0.717, 1.165) is 11.3 Å². The number of benzene rings is 1. The summed E-state index contributed by atoms with van der Waals surface area (Å²) in [4.78, 5) is 0. The van der Waals surface area contributed by atoms with Crippen molar-refractivity contribution < 1.29 is 4.52 Å². The van der Waals surface area contributed by atoms with Crippen LogP contribution >= 0.6 is 0 Å². The van der Waals surface area contributed by atoms with Gasteiger partial charge in [-0.2, -0.15) is 0 Å². The monoisotopic (exact) mass is 255 g/mol. The van der Waals surface area contributed by atoms with Crippen molar-refractivity contribution in [2.45, 2.75) is 19.8 Å². The summed E-state index contributed by atoms with van der Waals surface area (Å²) in [5, 5.41) is 5.19. The van der Waals surface area contributed by atoms with Crippen LogP contribution < -0.4 is 5.73 Å². The third kappa shape index (κ3) is 1.89. The zero-order valence-electron chi connectivity index (χ0n) is 11.3. The van der Waals surface area contributed by atoms with Crippen LogP contribution in [-0.2, 0) is 7.05 Å². The van der Waals surface area contributed by atoms with Crippen LogP contribution in [0.5, 0.6) is 0 Å². The molecule has 2 heterocycles. The predicted molar refractivity (Wildman–Crippen MR) is 76.9 cm³/mol. The number of aromatic nitrogens is 2. The summed E-state index contributed by atoms with van der Waals surface area (Å²) in [6.45, 7) is 4.38. The van der Waals surface area contributed by atoms with Gasteiger partial charge in [-0.3, -0.25) is 0 Å². The Bertz CT molecular complexity index is 737. The number of rotatable bonds is 2. The van der Waals surface area contributed by atoms with Gasteiger partial charge in [0.05, 0.1) is 0 Å². The Morgan fingerprint density at radius 2 is 2.05 bits per heavy atom. The molecule has 0 bridgehead atoms. The van der Waals surface area contributed by atoms with E-state index in [1.54, 1.807) is 6.07 Å².